The van der Waals surface area contributed by atoms with Crippen molar-refractivity contribution in [1.29, 1.82) is 0 Å². The molecule has 7 heteroatoms. The number of anilines is 3. The van der Waals surface area contributed by atoms with Crippen LogP contribution < -0.4 is 15.5 Å². The third kappa shape index (κ3) is 3.59. The minimum absolute atomic E-state index is 0.670. The van der Waals surface area contributed by atoms with E-state index in [0.717, 1.165) is 81.1 Å². The Balaban J connectivity index is 1.77. The summed E-state index contributed by atoms with van der Waals surface area (Å²) in [7, 11) is 0. The van der Waals surface area contributed by atoms with Crippen LogP contribution in [0.3, 0.4) is 0 Å². The molecule has 0 saturated carbocycles. The quantitative estimate of drug-likeness (QED) is 0.898. The summed E-state index contributed by atoms with van der Waals surface area (Å²) in [6.07, 6.45) is 1.70. The summed E-state index contributed by atoms with van der Waals surface area (Å²) in [5, 5.41) is 0. The molecule has 2 aliphatic rings. The van der Waals surface area contributed by atoms with Gasteiger partial charge in [0, 0.05) is 37.4 Å². The van der Waals surface area contributed by atoms with Crippen LogP contribution in [0.25, 0.3) is 11.1 Å². The number of hydrogen-bond donors (Lipinski definition) is 1. The Morgan fingerprint density at radius 2 is 1.42 bits per heavy atom. The Labute approximate surface area is 153 Å². The fourth-order valence-corrected chi connectivity index (χ4v) is 3.41. The molecule has 7 nitrogen and oxygen atoms in total. The van der Waals surface area contributed by atoms with Gasteiger partial charge in [0.1, 0.15) is 11.6 Å². The van der Waals surface area contributed by atoms with Crippen molar-refractivity contribution in [3.8, 4) is 11.1 Å². The third-order valence-corrected chi connectivity index (χ3v) is 4.89. The van der Waals surface area contributed by atoms with Crippen molar-refractivity contribution in [2.45, 2.75) is 6.92 Å². The van der Waals surface area contributed by atoms with E-state index in [4.69, 9.17) is 20.2 Å². The Bertz CT molecular complexity index is 734. The zero-order valence-corrected chi connectivity index (χ0v) is 15.1. The average molecular weight is 355 g/mol. The predicted molar refractivity (Wildman–Crippen MR) is 103 cm³/mol. The maximum Gasteiger partial charge on any atom is 0.131 e. The second kappa shape index (κ2) is 7.47. The first-order valence-electron chi connectivity index (χ1n) is 9.11. The molecule has 2 N–H and O–H groups in total. The summed E-state index contributed by atoms with van der Waals surface area (Å²) in [6, 6.07) is 6.27. The van der Waals surface area contributed by atoms with Gasteiger partial charge >= 0.3 is 0 Å². The molecule has 4 heterocycles. The summed E-state index contributed by atoms with van der Waals surface area (Å²) >= 11 is 0. The molecular weight excluding hydrogens is 330 g/mol. The molecule has 0 unspecified atom stereocenters. The van der Waals surface area contributed by atoms with E-state index in [0.29, 0.717) is 5.69 Å². The number of hydrogen-bond acceptors (Lipinski definition) is 7. The van der Waals surface area contributed by atoms with Crippen LogP contribution in [0.5, 0.6) is 0 Å². The summed E-state index contributed by atoms with van der Waals surface area (Å²) in [5.74, 6) is 1.96. The Kier molecular flexibility index (Phi) is 4.90. The molecule has 26 heavy (non-hydrogen) atoms. The SMILES string of the molecule is Cc1ncc(N)cc1-c1cc(N2CCOCC2)nc(N2CCOCC2)c1. The zero-order valence-electron chi connectivity index (χ0n) is 15.1. The number of aromatic nitrogens is 2. The molecule has 0 radical (unpaired) electrons. The maximum atomic E-state index is 5.99. The molecule has 0 aliphatic carbocycles. The predicted octanol–water partition coefficient (Wildman–Crippen LogP) is 1.71. The molecule has 0 atom stereocenters. The average Bonchev–Trinajstić information content (AvgIpc) is 2.71. The number of nitrogens with two attached hydrogens (primary N) is 1. The highest BCUT2D eigenvalue weighted by Crippen LogP contribution is 2.31. The van der Waals surface area contributed by atoms with E-state index in [-0.39, 0.29) is 0 Å². The Morgan fingerprint density at radius 1 is 0.885 bits per heavy atom. The van der Waals surface area contributed by atoms with Gasteiger partial charge in [0.2, 0.25) is 0 Å². The molecule has 2 saturated heterocycles. The molecule has 2 aromatic heterocycles. The third-order valence-electron chi connectivity index (χ3n) is 4.89. The van der Waals surface area contributed by atoms with Gasteiger partial charge in [0.05, 0.1) is 38.3 Å². The standard InChI is InChI=1S/C19H25N5O2/c1-14-17(12-16(20)13-21-14)15-10-18(23-2-6-25-7-3-23)22-19(11-15)24-4-8-26-9-5-24/h10-13H,2-9,20H2,1H3. The molecule has 2 fully saturated rings. The first kappa shape index (κ1) is 17.1. The number of aryl methyl sites for hydroxylation is 1. The molecular formula is C19H25N5O2. The highest BCUT2D eigenvalue weighted by molar-refractivity contribution is 5.74. The van der Waals surface area contributed by atoms with E-state index in [2.05, 4.69) is 26.9 Å². The molecule has 2 aromatic rings. The zero-order chi connectivity index (χ0) is 17.9. The summed E-state index contributed by atoms with van der Waals surface area (Å²) in [4.78, 5) is 13.9. The number of nitrogen functional groups attached to an aromatic ring is 1. The second-order valence-corrected chi connectivity index (χ2v) is 6.67. The van der Waals surface area contributed by atoms with Gasteiger partial charge in [-0.1, -0.05) is 0 Å². The summed E-state index contributed by atoms with van der Waals surface area (Å²) < 4.78 is 11.0. The fourth-order valence-electron chi connectivity index (χ4n) is 3.41. The molecule has 4 rings (SSSR count). The lowest BCUT2D eigenvalue weighted by Crippen LogP contribution is -2.39. The van der Waals surface area contributed by atoms with E-state index in [1.165, 1.54) is 0 Å². The van der Waals surface area contributed by atoms with Gasteiger partial charge < -0.3 is 25.0 Å². The molecule has 2 aliphatic heterocycles. The van der Waals surface area contributed by atoms with E-state index >= 15 is 0 Å². The molecule has 0 amide bonds. The van der Waals surface area contributed by atoms with Crippen LogP contribution in [0.15, 0.2) is 24.4 Å². The summed E-state index contributed by atoms with van der Waals surface area (Å²) in [5.41, 5.74) is 9.78. The van der Waals surface area contributed by atoms with Crippen molar-refractivity contribution in [3.05, 3.63) is 30.1 Å². The minimum Gasteiger partial charge on any atom is -0.397 e. The minimum atomic E-state index is 0.670. The van der Waals surface area contributed by atoms with Crippen LogP contribution in [0, 0.1) is 6.92 Å². The van der Waals surface area contributed by atoms with E-state index in [9.17, 15) is 0 Å². The van der Waals surface area contributed by atoms with Gasteiger partial charge in [-0.15, -0.1) is 0 Å². The van der Waals surface area contributed by atoms with Crippen LogP contribution in [-0.4, -0.2) is 62.6 Å². The monoisotopic (exact) mass is 355 g/mol. The second-order valence-electron chi connectivity index (χ2n) is 6.67. The number of nitrogens with zero attached hydrogens (tertiary/aromatic N) is 4. The number of rotatable bonds is 3. The fraction of sp³-hybridized carbons (Fsp3) is 0.474. The molecule has 0 aromatic carbocycles. The van der Waals surface area contributed by atoms with E-state index < -0.39 is 0 Å². The van der Waals surface area contributed by atoms with Gasteiger partial charge in [0.25, 0.3) is 0 Å². The molecule has 0 bridgehead atoms. The highest BCUT2D eigenvalue weighted by Gasteiger charge is 2.19. The van der Waals surface area contributed by atoms with Crippen LogP contribution >= 0.6 is 0 Å². The van der Waals surface area contributed by atoms with Crippen molar-refractivity contribution >= 4 is 17.3 Å². The number of pyridine rings is 2. The van der Waals surface area contributed by atoms with Crippen molar-refractivity contribution in [2.24, 2.45) is 0 Å². The van der Waals surface area contributed by atoms with Gasteiger partial charge in [0.15, 0.2) is 0 Å². The molecule has 0 spiro atoms. The topological polar surface area (TPSA) is 76.7 Å². The van der Waals surface area contributed by atoms with Crippen molar-refractivity contribution in [3.63, 3.8) is 0 Å². The lowest BCUT2D eigenvalue weighted by atomic mass is 10.0. The van der Waals surface area contributed by atoms with Crippen molar-refractivity contribution < 1.29 is 9.47 Å². The number of morpholine rings is 2. The number of ether oxygens (including phenoxy) is 2. The first-order valence-corrected chi connectivity index (χ1v) is 9.11. The van der Waals surface area contributed by atoms with Gasteiger partial charge in [-0.3, -0.25) is 4.98 Å². The van der Waals surface area contributed by atoms with E-state index in [1.54, 1.807) is 6.20 Å². The van der Waals surface area contributed by atoms with Crippen LogP contribution in [0.1, 0.15) is 5.69 Å². The van der Waals surface area contributed by atoms with Crippen molar-refractivity contribution in [1.82, 2.24) is 9.97 Å². The lowest BCUT2D eigenvalue weighted by molar-refractivity contribution is 0.121. The smallest absolute Gasteiger partial charge is 0.131 e. The normalized spacial score (nSPS) is 18.2. The van der Waals surface area contributed by atoms with Crippen LogP contribution in [0.2, 0.25) is 0 Å². The van der Waals surface area contributed by atoms with Crippen LogP contribution in [-0.2, 0) is 9.47 Å². The molecule has 138 valence electrons. The van der Waals surface area contributed by atoms with Gasteiger partial charge in [-0.2, -0.15) is 0 Å². The maximum absolute atomic E-state index is 5.99. The lowest BCUT2D eigenvalue weighted by Gasteiger charge is -2.32. The van der Waals surface area contributed by atoms with Gasteiger partial charge in [-0.05, 0) is 30.7 Å². The first-order chi connectivity index (χ1) is 12.7. The Morgan fingerprint density at radius 3 is 1.96 bits per heavy atom. The summed E-state index contributed by atoms with van der Waals surface area (Å²) in [6.45, 7) is 8.36. The largest absolute Gasteiger partial charge is 0.397 e. The van der Waals surface area contributed by atoms with Crippen LogP contribution in [0.4, 0.5) is 17.3 Å². The van der Waals surface area contributed by atoms with E-state index in [1.807, 2.05) is 13.0 Å². The highest BCUT2D eigenvalue weighted by atomic mass is 16.5. The van der Waals surface area contributed by atoms with Crippen molar-refractivity contribution in [2.75, 3.05) is 68.1 Å². The van der Waals surface area contributed by atoms with Gasteiger partial charge in [-0.25, -0.2) is 4.98 Å². The Hall–Kier alpha value is -2.38.